The Morgan fingerprint density at radius 3 is 2.70 bits per heavy atom. The second-order valence-corrected chi connectivity index (χ2v) is 8.17. The van der Waals surface area contributed by atoms with E-state index in [1.807, 2.05) is 18.2 Å². The number of ether oxygens (including phenoxy) is 1. The van der Waals surface area contributed by atoms with Crippen LogP contribution in [0.5, 0.6) is 5.75 Å². The number of rotatable bonds is 8. The average Bonchev–Trinajstić information content (AvgIpc) is 2.80. The van der Waals surface area contributed by atoms with Crippen molar-refractivity contribution in [3.05, 3.63) is 59.7 Å². The second kappa shape index (κ2) is 13.3. The molecule has 33 heavy (non-hydrogen) atoms. The summed E-state index contributed by atoms with van der Waals surface area (Å²) in [5.41, 5.74) is 3.57. The molecule has 2 N–H and O–H groups in total. The Hall–Kier alpha value is -2.49. The van der Waals surface area contributed by atoms with Crippen LogP contribution in [0.15, 0.2) is 53.5 Å². The molecule has 0 saturated heterocycles. The molecular weight excluding hydrogens is 529 g/mol. The van der Waals surface area contributed by atoms with Crippen molar-refractivity contribution in [1.29, 1.82) is 0 Å². The van der Waals surface area contributed by atoms with Crippen molar-refractivity contribution in [1.82, 2.24) is 15.5 Å². The fraction of sp³-hybridized carbons (Fsp3) is 0.440. The van der Waals surface area contributed by atoms with E-state index in [9.17, 15) is 4.79 Å². The van der Waals surface area contributed by atoms with Crippen molar-refractivity contribution in [3.63, 3.8) is 0 Å². The lowest BCUT2D eigenvalue weighted by Gasteiger charge is -2.29. The number of aliphatic imine (C=N–C) groups is 1. The molecule has 7 nitrogen and oxygen atoms in total. The van der Waals surface area contributed by atoms with E-state index in [1.165, 1.54) is 11.3 Å². The quantitative estimate of drug-likeness (QED) is 0.291. The van der Waals surface area contributed by atoms with E-state index >= 15 is 0 Å². The van der Waals surface area contributed by atoms with Crippen molar-refractivity contribution in [2.24, 2.45) is 4.99 Å². The smallest absolute Gasteiger partial charge is 0.243 e. The molecule has 0 fully saturated rings. The molecule has 0 aromatic heterocycles. The maximum absolute atomic E-state index is 12.1. The number of fused-ring (bicyclic) bond motifs is 1. The van der Waals surface area contributed by atoms with Gasteiger partial charge in [0.2, 0.25) is 5.91 Å². The Kier molecular flexibility index (Phi) is 10.8. The van der Waals surface area contributed by atoms with Gasteiger partial charge in [-0.25, -0.2) is 4.99 Å². The number of hydrogen-bond donors (Lipinski definition) is 2. The predicted octanol–water partition coefficient (Wildman–Crippen LogP) is 3.59. The zero-order valence-corrected chi connectivity index (χ0v) is 22.3. The van der Waals surface area contributed by atoms with Crippen molar-refractivity contribution in [2.45, 2.75) is 26.3 Å². The largest absolute Gasteiger partial charge is 0.493 e. The van der Waals surface area contributed by atoms with Crippen LogP contribution in [0, 0.1) is 6.92 Å². The van der Waals surface area contributed by atoms with E-state index in [1.54, 1.807) is 19.0 Å². The van der Waals surface area contributed by atoms with Crippen LogP contribution in [0.2, 0.25) is 0 Å². The third-order valence-electron chi connectivity index (χ3n) is 5.56. The summed E-state index contributed by atoms with van der Waals surface area (Å²) in [7, 11) is 3.49. The van der Waals surface area contributed by atoms with Crippen molar-refractivity contribution in [2.75, 3.05) is 51.8 Å². The molecule has 8 heteroatoms. The van der Waals surface area contributed by atoms with Gasteiger partial charge in [0.05, 0.1) is 12.6 Å². The van der Waals surface area contributed by atoms with Crippen LogP contribution in [-0.2, 0) is 4.79 Å². The predicted molar refractivity (Wildman–Crippen MR) is 146 cm³/mol. The van der Waals surface area contributed by atoms with Gasteiger partial charge in [-0.05, 0) is 37.6 Å². The van der Waals surface area contributed by atoms with Gasteiger partial charge in [-0.1, -0.05) is 30.3 Å². The molecular formula is C25H36IN5O2. The lowest BCUT2D eigenvalue weighted by molar-refractivity contribution is -0.127. The third kappa shape index (κ3) is 7.80. The number of hydrogen-bond acceptors (Lipinski definition) is 4. The number of carbonyl (C=O) groups is 1. The molecule has 3 rings (SSSR count). The van der Waals surface area contributed by atoms with Crippen molar-refractivity contribution < 1.29 is 9.53 Å². The molecule has 0 radical (unpaired) electrons. The van der Waals surface area contributed by atoms with Crippen LogP contribution in [0.3, 0.4) is 0 Å². The van der Waals surface area contributed by atoms with Crippen LogP contribution in [0.4, 0.5) is 5.69 Å². The molecule has 2 aromatic rings. The minimum Gasteiger partial charge on any atom is -0.493 e. The van der Waals surface area contributed by atoms with E-state index < -0.39 is 0 Å². The van der Waals surface area contributed by atoms with Crippen LogP contribution in [0.25, 0.3) is 0 Å². The Bertz CT molecular complexity index is 935. The maximum atomic E-state index is 12.1. The number of anilines is 1. The first-order chi connectivity index (χ1) is 15.5. The first-order valence-corrected chi connectivity index (χ1v) is 11.3. The zero-order chi connectivity index (χ0) is 22.9. The number of carbonyl (C=O) groups excluding carboxylic acids is 1. The Morgan fingerprint density at radius 2 is 1.97 bits per heavy atom. The van der Waals surface area contributed by atoms with Crippen LogP contribution in [0.1, 0.15) is 30.5 Å². The monoisotopic (exact) mass is 565 g/mol. The molecule has 1 aliphatic rings. The average molecular weight is 566 g/mol. The maximum Gasteiger partial charge on any atom is 0.243 e. The number of likely N-dealkylation sites (N-methyl/N-ethyl adjacent to an activating group) is 2. The van der Waals surface area contributed by atoms with E-state index in [2.05, 4.69) is 64.7 Å². The molecule has 0 saturated carbocycles. The third-order valence-corrected chi connectivity index (χ3v) is 5.56. The number of benzene rings is 2. The van der Waals surface area contributed by atoms with Gasteiger partial charge in [0.15, 0.2) is 5.96 Å². The normalized spacial score (nSPS) is 14.9. The number of halogens is 1. The molecule has 1 amide bonds. The Morgan fingerprint density at radius 1 is 1.18 bits per heavy atom. The fourth-order valence-electron chi connectivity index (χ4n) is 3.70. The first kappa shape index (κ1) is 26.8. The van der Waals surface area contributed by atoms with Crippen molar-refractivity contribution >= 4 is 41.5 Å². The summed E-state index contributed by atoms with van der Waals surface area (Å²) in [6, 6.07) is 16.7. The lowest BCUT2D eigenvalue weighted by Crippen LogP contribution is -2.44. The summed E-state index contributed by atoms with van der Waals surface area (Å²) in [5, 5.41) is 6.94. The number of nitrogens with one attached hydrogen (secondary N) is 2. The zero-order valence-electron chi connectivity index (χ0n) is 20.0. The van der Waals surface area contributed by atoms with Gasteiger partial charge < -0.3 is 25.2 Å². The molecule has 0 spiro atoms. The van der Waals surface area contributed by atoms with E-state index in [4.69, 9.17) is 4.74 Å². The molecule has 0 aliphatic carbocycles. The highest BCUT2D eigenvalue weighted by molar-refractivity contribution is 14.0. The van der Waals surface area contributed by atoms with Gasteiger partial charge in [0, 0.05) is 51.4 Å². The molecule has 1 atom stereocenters. The van der Waals surface area contributed by atoms with Gasteiger partial charge in [-0.15, -0.1) is 24.0 Å². The fourth-order valence-corrected chi connectivity index (χ4v) is 3.70. The van der Waals surface area contributed by atoms with Crippen LogP contribution >= 0.6 is 24.0 Å². The number of guanidine groups is 1. The summed E-state index contributed by atoms with van der Waals surface area (Å²) in [4.78, 5) is 20.6. The van der Waals surface area contributed by atoms with Gasteiger partial charge in [-0.2, -0.15) is 0 Å². The first-order valence-electron chi connectivity index (χ1n) is 11.3. The minimum atomic E-state index is -0.0339. The number of aryl methyl sites for hydroxylation is 1. The van der Waals surface area contributed by atoms with E-state index in [-0.39, 0.29) is 42.5 Å². The molecule has 1 unspecified atom stereocenters. The number of amides is 1. The lowest BCUT2D eigenvalue weighted by atomic mass is 10.0. The van der Waals surface area contributed by atoms with Gasteiger partial charge >= 0.3 is 0 Å². The molecule has 1 heterocycles. The Labute approximate surface area is 214 Å². The number of nitrogens with zero attached hydrogens (tertiary/aromatic N) is 3. The highest BCUT2D eigenvalue weighted by atomic mass is 127. The molecule has 2 aromatic carbocycles. The summed E-state index contributed by atoms with van der Waals surface area (Å²) in [6.07, 6.45) is 0.837. The van der Waals surface area contributed by atoms with E-state index in [0.29, 0.717) is 19.1 Å². The molecule has 1 aliphatic heterocycles. The number of para-hydroxylation sites is 1. The standard InChI is InChI=1S/C25H35N5O2.HI/c1-5-30(20-10-8-9-19(2)17-20)15-14-26-25(27-18-24(31)29(3)4)28-22-13-16-32-23-12-7-6-11-21(22)23;/h6-12,17,22H,5,13-16,18H2,1-4H3,(H2,26,27,28);1H. The van der Waals surface area contributed by atoms with E-state index in [0.717, 1.165) is 30.8 Å². The highest BCUT2D eigenvalue weighted by Gasteiger charge is 2.22. The van der Waals surface area contributed by atoms with Gasteiger partial charge in [0.1, 0.15) is 12.3 Å². The van der Waals surface area contributed by atoms with Gasteiger partial charge in [0.25, 0.3) is 0 Å². The Balaban J connectivity index is 0.00000385. The highest BCUT2D eigenvalue weighted by Crippen LogP contribution is 2.31. The summed E-state index contributed by atoms with van der Waals surface area (Å²) < 4.78 is 5.78. The topological polar surface area (TPSA) is 69.2 Å². The summed E-state index contributed by atoms with van der Waals surface area (Å²) in [5.74, 6) is 1.51. The SMILES string of the molecule is CCN(CCNC(=NCC(=O)N(C)C)NC1CCOc2ccccc21)c1cccc(C)c1.I. The summed E-state index contributed by atoms with van der Waals surface area (Å²) >= 11 is 0. The summed E-state index contributed by atoms with van der Waals surface area (Å²) in [6.45, 7) is 7.46. The van der Waals surface area contributed by atoms with Crippen molar-refractivity contribution in [3.8, 4) is 5.75 Å². The minimum absolute atomic E-state index is 0. The molecule has 0 bridgehead atoms. The van der Waals surface area contributed by atoms with Gasteiger partial charge in [-0.3, -0.25) is 4.79 Å². The second-order valence-electron chi connectivity index (χ2n) is 8.17. The molecule has 180 valence electrons. The van der Waals surface area contributed by atoms with Crippen LogP contribution < -0.4 is 20.3 Å². The van der Waals surface area contributed by atoms with Crippen LogP contribution in [-0.4, -0.2) is 63.6 Å².